The molecular weight excluding hydrogens is 374 g/mol. The average Bonchev–Trinajstić information content (AvgIpc) is 3.24. The zero-order valence-electron chi connectivity index (χ0n) is 15.4. The highest BCUT2D eigenvalue weighted by atomic mass is 32.2. The van der Waals surface area contributed by atoms with E-state index in [0.29, 0.717) is 19.0 Å². The number of aromatic nitrogens is 4. The van der Waals surface area contributed by atoms with Gasteiger partial charge in [-0.1, -0.05) is 0 Å². The zero-order chi connectivity index (χ0) is 20.0. The molecule has 0 aromatic carbocycles. The molecule has 0 radical (unpaired) electrons. The van der Waals surface area contributed by atoms with Gasteiger partial charge in [-0.15, -0.1) is 0 Å². The molecule has 10 nitrogen and oxygen atoms in total. The number of nitrogens with zero attached hydrogens (tertiary/aromatic N) is 5. The van der Waals surface area contributed by atoms with E-state index in [0.717, 1.165) is 11.4 Å². The first-order valence-electron chi connectivity index (χ1n) is 8.17. The van der Waals surface area contributed by atoms with Crippen LogP contribution >= 0.6 is 0 Å². The Balaban J connectivity index is 0.000000817. The van der Waals surface area contributed by atoms with Crippen molar-refractivity contribution in [2.45, 2.75) is 13.0 Å². The van der Waals surface area contributed by atoms with Gasteiger partial charge in [0.2, 0.25) is 10.0 Å². The van der Waals surface area contributed by atoms with Gasteiger partial charge in [0.15, 0.2) is 0 Å². The molecule has 0 aliphatic carbocycles. The van der Waals surface area contributed by atoms with Gasteiger partial charge in [-0.3, -0.25) is 4.79 Å². The Labute approximate surface area is 157 Å². The number of hydrogen-bond donors (Lipinski definition) is 1. The second-order valence-corrected chi connectivity index (χ2v) is 8.44. The van der Waals surface area contributed by atoms with E-state index in [-0.39, 0.29) is 24.2 Å². The molecule has 0 saturated carbocycles. The number of ether oxygens (including phenoxy) is 1. The quantitative estimate of drug-likeness (QED) is 0.720. The highest BCUT2D eigenvalue weighted by molar-refractivity contribution is 7.89. The van der Waals surface area contributed by atoms with Gasteiger partial charge in [0.1, 0.15) is 11.6 Å². The molecule has 3 heterocycles. The number of carbonyl (C=O) groups is 1. The molecule has 0 spiro atoms. The van der Waals surface area contributed by atoms with Crippen molar-refractivity contribution in [2.75, 3.05) is 33.1 Å². The number of rotatable bonds is 5. The molecule has 11 heteroatoms. The Bertz CT molecular complexity index is 850. The smallest absolute Gasteiger partial charge is 0.290 e. The van der Waals surface area contributed by atoms with E-state index < -0.39 is 10.0 Å². The largest absolute Gasteiger partial charge is 0.483 e. The summed E-state index contributed by atoms with van der Waals surface area (Å²) in [6.45, 7) is 2.45. The monoisotopic (exact) mass is 397 g/mol. The predicted octanol–water partition coefficient (Wildman–Crippen LogP) is 0.428. The Morgan fingerprint density at radius 3 is 2.52 bits per heavy atom. The molecule has 1 aliphatic heterocycles. The maximum Gasteiger partial charge on any atom is 0.290 e. The Morgan fingerprint density at radius 2 is 1.93 bits per heavy atom. The first-order chi connectivity index (χ1) is 12.8. The van der Waals surface area contributed by atoms with E-state index in [1.54, 1.807) is 32.7 Å². The molecule has 148 valence electrons. The normalized spacial score (nSPS) is 19.6. The van der Waals surface area contributed by atoms with Crippen LogP contribution in [0.25, 0.3) is 11.4 Å². The summed E-state index contributed by atoms with van der Waals surface area (Å²) in [5, 5.41) is 6.89. The maximum absolute atomic E-state index is 12.2. The topological polar surface area (TPSA) is 128 Å². The van der Waals surface area contributed by atoms with Crippen molar-refractivity contribution in [1.29, 1.82) is 0 Å². The minimum absolute atomic E-state index is 0.0483. The summed E-state index contributed by atoms with van der Waals surface area (Å²) in [6.07, 6.45) is 7.00. The Hall–Kier alpha value is -2.37. The molecule has 0 amide bonds. The molecule has 1 saturated heterocycles. The third kappa shape index (κ3) is 5.08. The van der Waals surface area contributed by atoms with Gasteiger partial charge < -0.3 is 14.4 Å². The van der Waals surface area contributed by atoms with Crippen LogP contribution in [0.15, 0.2) is 24.8 Å². The molecule has 1 fully saturated rings. The molecule has 1 N–H and O–H groups in total. The van der Waals surface area contributed by atoms with Gasteiger partial charge in [0.05, 0.1) is 30.6 Å². The summed E-state index contributed by atoms with van der Waals surface area (Å²) in [5.74, 6) is 1.33. The van der Waals surface area contributed by atoms with Crippen LogP contribution in [0.5, 0.6) is 0 Å². The zero-order valence-corrected chi connectivity index (χ0v) is 16.2. The molecule has 2 aromatic heterocycles. The van der Waals surface area contributed by atoms with E-state index in [2.05, 4.69) is 15.0 Å². The summed E-state index contributed by atoms with van der Waals surface area (Å²) >= 11 is 0. The fourth-order valence-corrected chi connectivity index (χ4v) is 3.94. The van der Waals surface area contributed by atoms with Crippen LogP contribution in [0.3, 0.4) is 0 Å². The van der Waals surface area contributed by atoms with E-state index in [9.17, 15) is 8.42 Å². The van der Waals surface area contributed by atoms with Gasteiger partial charge in [-0.2, -0.15) is 0 Å². The average molecular weight is 397 g/mol. The SMILES string of the molecule is Cc1ncc(-c2nccn2[C@@H]2COC[C@@H]2CS(=O)(=O)N(C)C)cn1.O=CO. The Kier molecular flexibility index (Phi) is 6.99. The lowest BCUT2D eigenvalue weighted by Crippen LogP contribution is -2.32. The van der Waals surface area contributed by atoms with Crippen LogP contribution < -0.4 is 0 Å². The standard InChI is InChI=1S/C15H21N5O3S.CH2O2/c1-11-17-6-12(7-18-11)15-16-4-5-20(15)14-9-23-8-13(14)10-24(21,22)19(2)3;2-1-3/h4-7,13-14H,8-10H2,1-3H3;1H,(H,2,3)/t13-,14-;/m1./s1. The van der Waals surface area contributed by atoms with Gasteiger partial charge in [-0.25, -0.2) is 27.7 Å². The molecule has 27 heavy (non-hydrogen) atoms. The van der Waals surface area contributed by atoms with Crippen LogP contribution in [-0.4, -0.2) is 76.9 Å². The van der Waals surface area contributed by atoms with Gasteiger partial charge in [-0.05, 0) is 6.92 Å². The lowest BCUT2D eigenvalue weighted by atomic mass is 10.1. The molecule has 3 rings (SSSR count). The second kappa shape index (κ2) is 9.02. The molecule has 0 unspecified atom stereocenters. The van der Waals surface area contributed by atoms with Gasteiger partial charge in [0.25, 0.3) is 6.47 Å². The third-order valence-corrected chi connectivity index (χ3v) is 6.17. The van der Waals surface area contributed by atoms with Gasteiger partial charge >= 0.3 is 0 Å². The summed E-state index contributed by atoms with van der Waals surface area (Å²) in [5.41, 5.74) is 0.798. The van der Waals surface area contributed by atoms with Crippen LogP contribution in [0.1, 0.15) is 11.9 Å². The number of hydrogen-bond acceptors (Lipinski definition) is 7. The molecule has 1 aliphatic rings. The van der Waals surface area contributed by atoms with E-state index in [1.165, 1.54) is 4.31 Å². The molecule has 0 bridgehead atoms. The third-order valence-electron chi connectivity index (χ3n) is 4.21. The van der Waals surface area contributed by atoms with Crippen molar-refractivity contribution >= 4 is 16.5 Å². The summed E-state index contributed by atoms with van der Waals surface area (Å²) in [7, 11) is -0.198. The lowest BCUT2D eigenvalue weighted by Gasteiger charge is -2.22. The fourth-order valence-electron chi connectivity index (χ4n) is 2.79. The van der Waals surface area contributed by atoms with Crippen molar-refractivity contribution in [2.24, 2.45) is 5.92 Å². The van der Waals surface area contributed by atoms with E-state index in [1.807, 2.05) is 17.7 Å². The van der Waals surface area contributed by atoms with Crippen LogP contribution in [0.2, 0.25) is 0 Å². The molecule has 2 atom stereocenters. The number of imidazole rings is 1. The first-order valence-corrected chi connectivity index (χ1v) is 9.78. The van der Waals surface area contributed by atoms with Crippen molar-refractivity contribution in [3.05, 3.63) is 30.6 Å². The van der Waals surface area contributed by atoms with Crippen molar-refractivity contribution < 1.29 is 23.1 Å². The minimum atomic E-state index is -3.29. The molecule has 2 aromatic rings. The second-order valence-electron chi connectivity index (χ2n) is 6.21. The van der Waals surface area contributed by atoms with Crippen molar-refractivity contribution in [3.63, 3.8) is 0 Å². The van der Waals surface area contributed by atoms with Crippen LogP contribution in [0.4, 0.5) is 0 Å². The van der Waals surface area contributed by atoms with Crippen molar-refractivity contribution in [3.8, 4) is 11.4 Å². The maximum atomic E-state index is 12.2. The van der Waals surface area contributed by atoms with E-state index >= 15 is 0 Å². The van der Waals surface area contributed by atoms with E-state index in [4.69, 9.17) is 14.6 Å². The highest BCUT2D eigenvalue weighted by Crippen LogP contribution is 2.31. The highest BCUT2D eigenvalue weighted by Gasteiger charge is 2.35. The fraction of sp³-hybridized carbons (Fsp3) is 0.500. The lowest BCUT2D eigenvalue weighted by molar-refractivity contribution is -0.122. The predicted molar refractivity (Wildman–Crippen MR) is 97.5 cm³/mol. The Morgan fingerprint density at radius 1 is 1.30 bits per heavy atom. The summed E-state index contributed by atoms with van der Waals surface area (Å²) in [4.78, 5) is 21.2. The van der Waals surface area contributed by atoms with Gasteiger partial charge in [0, 0.05) is 44.8 Å². The molecular formula is C16H23N5O5S. The number of sulfonamides is 1. The minimum Gasteiger partial charge on any atom is -0.483 e. The first kappa shape index (κ1) is 20.9. The van der Waals surface area contributed by atoms with Crippen molar-refractivity contribution in [1.82, 2.24) is 23.8 Å². The van der Waals surface area contributed by atoms with Crippen LogP contribution in [-0.2, 0) is 19.6 Å². The summed E-state index contributed by atoms with van der Waals surface area (Å²) in [6, 6.07) is -0.0847. The number of aryl methyl sites for hydroxylation is 1. The number of carboxylic acid groups (broad SMARTS) is 1. The van der Waals surface area contributed by atoms with Crippen LogP contribution in [0, 0.1) is 12.8 Å². The summed E-state index contributed by atoms with van der Waals surface area (Å²) < 4.78 is 33.2.